The number of ether oxygens (including phenoxy) is 1. The molecule has 2 atom stereocenters. The molecular weight excluding hydrogens is 268 g/mol. The van der Waals surface area contributed by atoms with Crippen LogP contribution in [0, 0.1) is 11.3 Å². The summed E-state index contributed by atoms with van der Waals surface area (Å²) >= 11 is 0. The van der Waals surface area contributed by atoms with Crippen LogP contribution in [0.5, 0.6) is 0 Å². The normalized spacial score (nSPS) is 28.4. The lowest BCUT2D eigenvalue weighted by Gasteiger charge is -2.40. The molecule has 2 fully saturated rings. The van der Waals surface area contributed by atoms with Crippen molar-refractivity contribution in [3.8, 4) is 0 Å². The van der Waals surface area contributed by atoms with E-state index >= 15 is 0 Å². The van der Waals surface area contributed by atoms with Crippen molar-refractivity contribution in [3.05, 3.63) is 0 Å². The summed E-state index contributed by atoms with van der Waals surface area (Å²) in [6.07, 6.45) is 3.51. The van der Waals surface area contributed by atoms with Gasteiger partial charge >= 0.3 is 6.09 Å². The molecular formula is C16H28N2O3. The highest BCUT2D eigenvalue weighted by atomic mass is 16.6. The van der Waals surface area contributed by atoms with Crippen LogP contribution < -0.4 is 0 Å². The molecule has 1 aliphatic carbocycles. The van der Waals surface area contributed by atoms with E-state index in [1.54, 1.807) is 19.0 Å². The maximum Gasteiger partial charge on any atom is 0.410 e. The van der Waals surface area contributed by atoms with Crippen LogP contribution in [0.3, 0.4) is 0 Å². The van der Waals surface area contributed by atoms with Gasteiger partial charge in [-0.05, 0) is 51.4 Å². The number of hydrogen-bond acceptors (Lipinski definition) is 3. The molecule has 1 saturated carbocycles. The second-order valence-electron chi connectivity index (χ2n) is 7.93. The first-order valence-corrected chi connectivity index (χ1v) is 7.78. The number of piperidine rings is 1. The Morgan fingerprint density at radius 2 is 2.00 bits per heavy atom. The average Bonchev–Trinajstić information content (AvgIpc) is 2.62. The molecule has 0 radical (unpaired) electrons. The number of nitrogens with zero attached hydrogens (tertiary/aromatic N) is 2. The zero-order valence-electron chi connectivity index (χ0n) is 13.9. The standard InChI is InChI=1S/C16H28N2O3/c1-15(2,3)21-14(20)18-10-12-6-7-16(8-12,11-18)9-13(19)17(4)5/h12H,6-11H2,1-5H3. The molecule has 120 valence electrons. The lowest BCUT2D eigenvalue weighted by atomic mass is 9.78. The van der Waals surface area contributed by atoms with Crippen LogP contribution >= 0.6 is 0 Å². The fraction of sp³-hybridized carbons (Fsp3) is 0.875. The van der Waals surface area contributed by atoms with Crippen molar-refractivity contribution in [1.82, 2.24) is 9.80 Å². The average molecular weight is 296 g/mol. The van der Waals surface area contributed by atoms with E-state index in [0.717, 1.165) is 25.8 Å². The molecule has 21 heavy (non-hydrogen) atoms. The molecule has 5 heteroatoms. The van der Waals surface area contributed by atoms with Gasteiger partial charge in [-0.2, -0.15) is 0 Å². The van der Waals surface area contributed by atoms with Crippen LogP contribution in [-0.2, 0) is 9.53 Å². The zero-order valence-corrected chi connectivity index (χ0v) is 13.9. The van der Waals surface area contributed by atoms with Gasteiger partial charge in [0.25, 0.3) is 0 Å². The zero-order chi connectivity index (χ0) is 15.8. The monoisotopic (exact) mass is 296 g/mol. The van der Waals surface area contributed by atoms with Gasteiger partial charge in [0.2, 0.25) is 5.91 Å². The summed E-state index contributed by atoms with van der Waals surface area (Å²) in [4.78, 5) is 27.9. The van der Waals surface area contributed by atoms with E-state index in [1.165, 1.54) is 0 Å². The molecule has 0 N–H and O–H groups in total. The Morgan fingerprint density at radius 1 is 1.33 bits per heavy atom. The summed E-state index contributed by atoms with van der Waals surface area (Å²) in [5.41, 5.74) is -0.513. The Kier molecular flexibility index (Phi) is 4.22. The van der Waals surface area contributed by atoms with Gasteiger partial charge in [0.05, 0.1) is 0 Å². The Balaban J connectivity index is 2.05. The third-order valence-electron chi connectivity index (χ3n) is 4.49. The van der Waals surface area contributed by atoms with Gasteiger partial charge in [-0.25, -0.2) is 4.79 Å². The SMILES string of the molecule is CN(C)C(=O)CC12CCC(CN(C(=O)OC(C)(C)C)C1)C2. The smallest absolute Gasteiger partial charge is 0.410 e. The van der Waals surface area contributed by atoms with Crippen molar-refractivity contribution in [3.63, 3.8) is 0 Å². The van der Waals surface area contributed by atoms with Gasteiger partial charge in [-0.15, -0.1) is 0 Å². The van der Waals surface area contributed by atoms with E-state index in [1.807, 2.05) is 25.7 Å². The molecule has 2 amide bonds. The van der Waals surface area contributed by atoms with E-state index < -0.39 is 5.60 Å². The van der Waals surface area contributed by atoms with Gasteiger partial charge in [0.15, 0.2) is 0 Å². The molecule has 2 aliphatic rings. The number of carbonyl (C=O) groups excluding carboxylic acids is 2. The maximum atomic E-state index is 12.3. The fourth-order valence-electron chi connectivity index (χ4n) is 3.57. The number of carbonyl (C=O) groups is 2. The Bertz CT molecular complexity index is 428. The summed E-state index contributed by atoms with van der Waals surface area (Å²) in [6, 6.07) is 0. The van der Waals surface area contributed by atoms with Gasteiger partial charge in [0.1, 0.15) is 5.60 Å². The predicted octanol–water partition coefficient (Wildman–Crippen LogP) is 2.50. The summed E-state index contributed by atoms with van der Waals surface area (Å²) in [5, 5.41) is 0. The Hall–Kier alpha value is -1.26. The van der Waals surface area contributed by atoms with Crippen LogP contribution in [0.25, 0.3) is 0 Å². The summed E-state index contributed by atoms with van der Waals surface area (Å²) in [6.45, 7) is 7.07. The molecule has 0 aromatic carbocycles. The van der Waals surface area contributed by atoms with Gasteiger partial charge in [-0.3, -0.25) is 4.79 Å². The summed E-state index contributed by atoms with van der Waals surface area (Å²) in [7, 11) is 3.58. The molecule has 0 spiro atoms. The molecule has 2 rings (SSSR count). The van der Waals surface area contributed by atoms with E-state index in [2.05, 4.69) is 0 Å². The third-order valence-corrected chi connectivity index (χ3v) is 4.49. The maximum absolute atomic E-state index is 12.3. The van der Waals surface area contributed by atoms with Crippen molar-refractivity contribution in [2.24, 2.45) is 11.3 Å². The Morgan fingerprint density at radius 3 is 2.57 bits per heavy atom. The number of fused-ring (bicyclic) bond motifs is 2. The van der Waals surface area contributed by atoms with Crippen LogP contribution in [-0.4, -0.2) is 54.6 Å². The molecule has 0 aromatic rings. The second kappa shape index (κ2) is 5.50. The quantitative estimate of drug-likeness (QED) is 0.786. The topological polar surface area (TPSA) is 49.9 Å². The predicted molar refractivity (Wildman–Crippen MR) is 80.9 cm³/mol. The van der Waals surface area contributed by atoms with E-state index in [0.29, 0.717) is 18.9 Å². The van der Waals surface area contributed by atoms with E-state index in [9.17, 15) is 9.59 Å². The van der Waals surface area contributed by atoms with E-state index in [4.69, 9.17) is 4.74 Å². The first-order valence-electron chi connectivity index (χ1n) is 7.78. The Labute approximate surface area is 127 Å². The number of rotatable bonds is 2. The van der Waals surface area contributed by atoms with E-state index in [-0.39, 0.29) is 17.4 Å². The highest BCUT2D eigenvalue weighted by molar-refractivity contribution is 5.76. The molecule has 1 aliphatic heterocycles. The minimum Gasteiger partial charge on any atom is -0.444 e. The van der Waals surface area contributed by atoms with Crippen molar-refractivity contribution in [1.29, 1.82) is 0 Å². The van der Waals surface area contributed by atoms with Gasteiger partial charge in [0, 0.05) is 33.6 Å². The molecule has 2 bridgehead atoms. The lowest BCUT2D eigenvalue weighted by molar-refractivity contribution is -0.132. The number of likely N-dealkylation sites (tertiary alicyclic amines) is 1. The molecule has 1 heterocycles. The number of amides is 2. The molecule has 5 nitrogen and oxygen atoms in total. The van der Waals surface area contributed by atoms with Gasteiger partial charge in [-0.1, -0.05) is 0 Å². The molecule has 0 aromatic heterocycles. The van der Waals surface area contributed by atoms with Crippen LogP contribution in [0.15, 0.2) is 0 Å². The third kappa shape index (κ3) is 3.89. The van der Waals surface area contributed by atoms with Crippen LogP contribution in [0.2, 0.25) is 0 Å². The lowest BCUT2D eigenvalue weighted by Crippen LogP contribution is -2.48. The van der Waals surface area contributed by atoms with Crippen LogP contribution in [0.4, 0.5) is 4.79 Å². The number of hydrogen-bond donors (Lipinski definition) is 0. The first kappa shape index (κ1) is 16.1. The first-order chi connectivity index (χ1) is 9.60. The van der Waals surface area contributed by atoms with Crippen molar-refractivity contribution in [2.45, 2.75) is 52.1 Å². The van der Waals surface area contributed by atoms with Crippen molar-refractivity contribution < 1.29 is 14.3 Å². The van der Waals surface area contributed by atoms with Crippen molar-refractivity contribution >= 4 is 12.0 Å². The minimum absolute atomic E-state index is 0.0405. The van der Waals surface area contributed by atoms with Gasteiger partial charge < -0.3 is 14.5 Å². The van der Waals surface area contributed by atoms with Crippen molar-refractivity contribution in [2.75, 3.05) is 27.2 Å². The largest absolute Gasteiger partial charge is 0.444 e. The van der Waals surface area contributed by atoms with Crippen LogP contribution in [0.1, 0.15) is 46.5 Å². The molecule has 2 unspecified atom stereocenters. The molecule has 1 saturated heterocycles. The highest BCUT2D eigenvalue weighted by Gasteiger charge is 2.48. The summed E-state index contributed by atoms with van der Waals surface area (Å²) in [5.74, 6) is 0.669. The second-order valence-corrected chi connectivity index (χ2v) is 7.93. The highest BCUT2D eigenvalue weighted by Crippen LogP contribution is 2.49. The fourth-order valence-corrected chi connectivity index (χ4v) is 3.57. The minimum atomic E-state index is -0.472. The summed E-state index contributed by atoms with van der Waals surface area (Å²) < 4.78 is 5.49.